The van der Waals surface area contributed by atoms with E-state index in [0.717, 1.165) is 12.8 Å². The minimum Gasteiger partial charge on any atom is -0.344 e. The second-order valence-corrected chi connectivity index (χ2v) is 8.54. The van der Waals surface area contributed by atoms with Gasteiger partial charge in [-0.2, -0.15) is 0 Å². The Kier molecular flexibility index (Phi) is 6.89. The average molecular weight is 367 g/mol. The largest absolute Gasteiger partial charge is 0.344 e. The van der Waals surface area contributed by atoms with Gasteiger partial charge in [-0.25, -0.2) is 4.79 Å². The van der Waals surface area contributed by atoms with Crippen LogP contribution in [0.4, 0.5) is 4.79 Å². The molecule has 2 fully saturated rings. The van der Waals surface area contributed by atoms with Crippen molar-refractivity contribution < 1.29 is 14.4 Å². The number of carbonyl (C=O) groups is 3. The van der Waals surface area contributed by atoms with Crippen LogP contribution in [0, 0.1) is 5.41 Å². The first-order chi connectivity index (χ1) is 12.2. The van der Waals surface area contributed by atoms with Gasteiger partial charge in [-0.1, -0.05) is 40.0 Å². The number of carbonyl (C=O) groups excluding carboxylic acids is 3. The molecule has 7 nitrogen and oxygen atoms in total. The van der Waals surface area contributed by atoms with E-state index in [0.29, 0.717) is 32.2 Å². The van der Waals surface area contributed by atoms with E-state index >= 15 is 0 Å². The van der Waals surface area contributed by atoms with Crippen LogP contribution in [-0.2, 0) is 9.59 Å². The lowest BCUT2D eigenvalue weighted by Crippen LogP contribution is -2.57. The summed E-state index contributed by atoms with van der Waals surface area (Å²) in [4.78, 5) is 40.5. The van der Waals surface area contributed by atoms with Crippen LogP contribution in [0.15, 0.2) is 0 Å². The summed E-state index contributed by atoms with van der Waals surface area (Å²) in [7, 11) is 0. The Bertz CT molecular complexity index is 515. The number of urea groups is 1. The number of rotatable bonds is 3. The van der Waals surface area contributed by atoms with Gasteiger partial charge in [0.25, 0.3) is 0 Å². The molecule has 7 heteroatoms. The molecule has 0 aromatic rings. The topological polar surface area (TPSA) is 81.8 Å². The second kappa shape index (κ2) is 8.73. The number of hydrogen-bond acceptors (Lipinski definition) is 3. The molecule has 0 bridgehead atoms. The zero-order chi connectivity index (χ0) is 19.3. The first-order valence-corrected chi connectivity index (χ1v) is 9.83. The van der Waals surface area contributed by atoms with Gasteiger partial charge in [0.1, 0.15) is 6.04 Å². The molecule has 2 N–H and O–H groups in total. The lowest BCUT2D eigenvalue weighted by atomic mass is 9.95. The van der Waals surface area contributed by atoms with Gasteiger partial charge >= 0.3 is 6.03 Å². The van der Waals surface area contributed by atoms with Crippen molar-refractivity contribution in [2.45, 2.75) is 71.9 Å². The molecule has 4 amide bonds. The van der Waals surface area contributed by atoms with Crippen LogP contribution in [-0.4, -0.2) is 65.9 Å². The minimum atomic E-state index is -0.552. The quantitative estimate of drug-likeness (QED) is 0.798. The van der Waals surface area contributed by atoms with Gasteiger partial charge in [0.15, 0.2) is 0 Å². The van der Waals surface area contributed by atoms with Crippen molar-refractivity contribution in [1.82, 2.24) is 20.4 Å². The molecule has 0 radical (unpaired) electrons. The summed E-state index contributed by atoms with van der Waals surface area (Å²) < 4.78 is 0. The van der Waals surface area contributed by atoms with E-state index in [1.165, 1.54) is 19.3 Å². The lowest BCUT2D eigenvalue weighted by Gasteiger charge is -2.37. The zero-order valence-electron chi connectivity index (χ0n) is 16.6. The highest BCUT2D eigenvalue weighted by Gasteiger charge is 2.30. The van der Waals surface area contributed by atoms with Crippen LogP contribution in [0.25, 0.3) is 0 Å². The molecule has 26 heavy (non-hydrogen) atoms. The molecule has 0 aromatic heterocycles. The summed E-state index contributed by atoms with van der Waals surface area (Å²) in [6.07, 6.45) is 5.76. The van der Waals surface area contributed by atoms with Crippen LogP contribution in [0.5, 0.6) is 0 Å². The molecule has 1 saturated heterocycles. The first kappa shape index (κ1) is 20.5. The normalized spacial score (nSPS) is 20.5. The van der Waals surface area contributed by atoms with E-state index in [1.807, 2.05) is 20.8 Å². The number of hydrogen-bond donors (Lipinski definition) is 2. The molecule has 1 heterocycles. The highest BCUT2D eigenvalue weighted by Crippen LogP contribution is 2.18. The molecule has 0 aromatic carbocycles. The Balaban J connectivity index is 1.77. The Hall–Kier alpha value is -1.79. The predicted octanol–water partition coefficient (Wildman–Crippen LogP) is 1.72. The first-order valence-electron chi connectivity index (χ1n) is 9.83. The fourth-order valence-corrected chi connectivity index (χ4v) is 3.39. The van der Waals surface area contributed by atoms with Crippen molar-refractivity contribution in [3.05, 3.63) is 0 Å². The highest BCUT2D eigenvalue weighted by molar-refractivity contribution is 5.89. The Labute approximate surface area is 156 Å². The fraction of sp³-hybridized carbons (Fsp3) is 0.842. The standard InChI is InChI=1S/C19H34N4O3/c1-14(20-17(25)19(2,3)4)16(24)22-10-12-23(13-11-22)18(26)21-15-8-6-5-7-9-15/h14-15H,5-13H2,1-4H3,(H,20,25)(H,21,26). The molecular weight excluding hydrogens is 332 g/mol. The average Bonchev–Trinajstić information content (AvgIpc) is 2.61. The van der Waals surface area contributed by atoms with Gasteiger partial charge in [-0.3, -0.25) is 9.59 Å². The monoisotopic (exact) mass is 366 g/mol. The van der Waals surface area contributed by atoms with E-state index in [4.69, 9.17) is 0 Å². The van der Waals surface area contributed by atoms with E-state index in [-0.39, 0.29) is 17.8 Å². The van der Waals surface area contributed by atoms with Crippen molar-refractivity contribution >= 4 is 17.8 Å². The predicted molar refractivity (Wildman–Crippen MR) is 101 cm³/mol. The van der Waals surface area contributed by atoms with Gasteiger partial charge in [0.05, 0.1) is 0 Å². The molecule has 148 valence electrons. The molecular formula is C19H34N4O3. The van der Waals surface area contributed by atoms with Crippen LogP contribution in [0.2, 0.25) is 0 Å². The number of nitrogens with zero attached hydrogens (tertiary/aromatic N) is 2. The molecule has 1 atom stereocenters. The van der Waals surface area contributed by atoms with Gasteiger partial charge in [-0.15, -0.1) is 0 Å². The molecule has 2 aliphatic rings. The van der Waals surface area contributed by atoms with Gasteiger partial charge < -0.3 is 20.4 Å². The maximum Gasteiger partial charge on any atom is 0.317 e. The van der Waals surface area contributed by atoms with Crippen molar-refractivity contribution in [3.63, 3.8) is 0 Å². The van der Waals surface area contributed by atoms with E-state index in [9.17, 15) is 14.4 Å². The third-order valence-corrected chi connectivity index (χ3v) is 5.21. The maximum absolute atomic E-state index is 12.5. The minimum absolute atomic E-state index is 0.0157. The second-order valence-electron chi connectivity index (χ2n) is 8.54. The summed E-state index contributed by atoms with van der Waals surface area (Å²) >= 11 is 0. The molecule has 1 saturated carbocycles. The van der Waals surface area contributed by atoms with Crippen LogP contribution in [0.3, 0.4) is 0 Å². The summed E-state index contributed by atoms with van der Waals surface area (Å²) in [6, 6.07) is -0.272. The van der Waals surface area contributed by atoms with Crippen molar-refractivity contribution in [2.75, 3.05) is 26.2 Å². The SMILES string of the molecule is CC(NC(=O)C(C)(C)C)C(=O)N1CCN(C(=O)NC2CCCCC2)CC1. The van der Waals surface area contributed by atoms with E-state index in [2.05, 4.69) is 10.6 Å². The molecule has 2 rings (SSSR count). The van der Waals surface area contributed by atoms with Crippen molar-refractivity contribution in [1.29, 1.82) is 0 Å². The summed E-state index contributed by atoms with van der Waals surface area (Å²) in [5.74, 6) is -0.223. The summed E-state index contributed by atoms with van der Waals surface area (Å²) in [5, 5.41) is 5.91. The van der Waals surface area contributed by atoms with Gasteiger partial charge in [-0.05, 0) is 19.8 Å². The van der Waals surface area contributed by atoms with E-state index < -0.39 is 11.5 Å². The van der Waals surface area contributed by atoms with Crippen molar-refractivity contribution in [3.8, 4) is 0 Å². The third-order valence-electron chi connectivity index (χ3n) is 5.21. The third kappa shape index (κ3) is 5.61. The van der Waals surface area contributed by atoms with Crippen LogP contribution >= 0.6 is 0 Å². The Morgan fingerprint density at radius 3 is 2.00 bits per heavy atom. The zero-order valence-corrected chi connectivity index (χ0v) is 16.6. The number of amides is 4. The summed E-state index contributed by atoms with van der Waals surface area (Å²) in [5.41, 5.74) is -0.523. The van der Waals surface area contributed by atoms with Crippen LogP contribution in [0.1, 0.15) is 59.8 Å². The lowest BCUT2D eigenvalue weighted by molar-refractivity contribution is -0.139. The molecule has 1 aliphatic heterocycles. The molecule has 0 spiro atoms. The molecule has 1 aliphatic carbocycles. The Morgan fingerprint density at radius 1 is 0.923 bits per heavy atom. The Morgan fingerprint density at radius 2 is 1.46 bits per heavy atom. The van der Waals surface area contributed by atoms with Crippen molar-refractivity contribution in [2.24, 2.45) is 5.41 Å². The van der Waals surface area contributed by atoms with E-state index in [1.54, 1.807) is 16.7 Å². The summed E-state index contributed by atoms with van der Waals surface area (Å²) in [6.45, 7) is 9.26. The fourth-order valence-electron chi connectivity index (χ4n) is 3.39. The van der Waals surface area contributed by atoms with Gasteiger partial charge in [0.2, 0.25) is 11.8 Å². The van der Waals surface area contributed by atoms with Gasteiger partial charge in [0, 0.05) is 37.6 Å². The molecule has 1 unspecified atom stereocenters. The smallest absolute Gasteiger partial charge is 0.317 e. The van der Waals surface area contributed by atoms with Crippen LogP contribution < -0.4 is 10.6 Å². The number of piperazine rings is 1. The highest BCUT2D eigenvalue weighted by atomic mass is 16.2. The number of nitrogens with one attached hydrogen (secondary N) is 2. The maximum atomic E-state index is 12.5.